The Labute approximate surface area is 142 Å². The van der Waals surface area contributed by atoms with Gasteiger partial charge in [-0.1, -0.05) is 13.0 Å². The summed E-state index contributed by atoms with van der Waals surface area (Å²) in [4.78, 5) is 27.3. The molecule has 3 rings (SSSR count). The summed E-state index contributed by atoms with van der Waals surface area (Å²) < 4.78 is 11.3. The van der Waals surface area contributed by atoms with Crippen molar-refractivity contribution in [2.45, 2.75) is 57.8 Å². The number of carbonyl (C=O) groups is 2. The molecule has 0 unspecified atom stereocenters. The van der Waals surface area contributed by atoms with Crippen molar-refractivity contribution in [2.75, 3.05) is 19.7 Å². The van der Waals surface area contributed by atoms with Gasteiger partial charge in [0.1, 0.15) is 6.10 Å². The minimum Gasteiger partial charge on any atom is -0.463 e. The van der Waals surface area contributed by atoms with Crippen LogP contribution in [-0.2, 0) is 19.1 Å². The number of aliphatic hydroxyl groups is 1. The summed E-state index contributed by atoms with van der Waals surface area (Å²) >= 11 is 0. The molecule has 3 aliphatic heterocycles. The molecule has 3 saturated heterocycles. The number of ether oxygens (including phenoxy) is 2. The van der Waals surface area contributed by atoms with Crippen LogP contribution in [0, 0.1) is 11.8 Å². The highest BCUT2D eigenvalue weighted by Gasteiger charge is 2.48. The van der Waals surface area contributed by atoms with Crippen molar-refractivity contribution in [1.29, 1.82) is 0 Å². The molecular weight excluding hydrogens is 310 g/mol. The average Bonchev–Trinajstić information content (AvgIpc) is 3.12. The number of rotatable bonds is 0. The molecule has 1 N–H and O–H groups in total. The van der Waals surface area contributed by atoms with E-state index in [0.717, 1.165) is 25.9 Å². The highest BCUT2D eigenvalue weighted by Crippen LogP contribution is 2.36. The highest BCUT2D eigenvalue weighted by atomic mass is 16.6. The van der Waals surface area contributed by atoms with Crippen LogP contribution in [0.15, 0.2) is 11.6 Å². The predicted octanol–water partition coefficient (Wildman–Crippen LogP) is 1.27. The second-order valence-corrected chi connectivity index (χ2v) is 7.47. The Bertz CT molecular complexity index is 556. The van der Waals surface area contributed by atoms with Gasteiger partial charge in [0.25, 0.3) is 0 Å². The molecule has 0 bridgehead atoms. The molecule has 0 aromatic rings. The molecule has 6 heteroatoms. The smallest absolute Gasteiger partial charge is 0.338 e. The zero-order chi connectivity index (χ0) is 17.5. The van der Waals surface area contributed by atoms with Crippen LogP contribution in [0.1, 0.15) is 40.0 Å². The van der Waals surface area contributed by atoms with Crippen molar-refractivity contribution in [3.05, 3.63) is 11.6 Å². The molecule has 0 aliphatic carbocycles. The number of esters is 2. The Kier molecular flexibility index (Phi) is 4.71. The first-order valence-electron chi connectivity index (χ1n) is 8.84. The fourth-order valence-corrected chi connectivity index (χ4v) is 4.11. The summed E-state index contributed by atoms with van der Waals surface area (Å²) in [6, 6.07) is 0.113. The minimum absolute atomic E-state index is 0.113. The van der Waals surface area contributed by atoms with Crippen LogP contribution in [0.4, 0.5) is 0 Å². The molecule has 3 aliphatic rings. The molecule has 0 saturated carbocycles. The van der Waals surface area contributed by atoms with Gasteiger partial charge in [0.05, 0.1) is 12.6 Å². The quantitative estimate of drug-likeness (QED) is 0.530. The highest BCUT2D eigenvalue weighted by molar-refractivity contribution is 5.89. The average molecular weight is 337 g/mol. The Hall–Kier alpha value is -1.40. The number of hydrogen-bond donors (Lipinski definition) is 1. The largest absolute Gasteiger partial charge is 0.463 e. The van der Waals surface area contributed by atoms with Gasteiger partial charge in [-0.05, 0) is 45.6 Å². The number of allylic oxidation sites excluding steroid dienone is 1. The SMILES string of the molecule is C/C=C1/C[C@H](C)[C@](C)(O)C(=O)OC[C@@H]2CCN3CC[C@H](OC1=O)[C@@H]23. The van der Waals surface area contributed by atoms with E-state index in [4.69, 9.17) is 9.47 Å². The lowest BCUT2D eigenvalue weighted by atomic mass is 9.85. The summed E-state index contributed by atoms with van der Waals surface area (Å²) in [5, 5.41) is 10.6. The van der Waals surface area contributed by atoms with Crippen molar-refractivity contribution in [3.63, 3.8) is 0 Å². The lowest BCUT2D eigenvalue weighted by Crippen LogP contribution is -2.46. The van der Waals surface area contributed by atoms with E-state index < -0.39 is 17.5 Å². The molecule has 0 aromatic heterocycles. The van der Waals surface area contributed by atoms with Gasteiger partial charge in [-0.3, -0.25) is 4.90 Å². The Morgan fingerprint density at radius 1 is 1.29 bits per heavy atom. The number of hydrogen-bond acceptors (Lipinski definition) is 6. The van der Waals surface area contributed by atoms with Crippen LogP contribution >= 0.6 is 0 Å². The Morgan fingerprint density at radius 2 is 2.00 bits per heavy atom. The van der Waals surface area contributed by atoms with Crippen LogP contribution in [0.5, 0.6) is 0 Å². The zero-order valence-electron chi connectivity index (χ0n) is 14.7. The van der Waals surface area contributed by atoms with Crippen LogP contribution < -0.4 is 0 Å². The van der Waals surface area contributed by atoms with Crippen LogP contribution in [0.3, 0.4) is 0 Å². The molecule has 24 heavy (non-hydrogen) atoms. The third-order valence-corrected chi connectivity index (χ3v) is 5.97. The standard InChI is InChI=1S/C18H27NO5/c1-4-12-9-11(2)18(3,22)17(21)23-10-13-5-7-19-8-6-14(15(13)19)24-16(12)20/h4,11,13-15,22H,5-10H2,1-3H3/b12-4-/t11-,13-,14-,15+,18-/m0/s1. The molecule has 5 atom stereocenters. The molecule has 0 aromatic carbocycles. The van der Waals surface area contributed by atoms with E-state index in [1.807, 2.05) is 0 Å². The number of carbonyl (C=O) groups excluding carboxylic acids is 2. The Balaban J connectivity index is 1.89. The second kappa shape index (κ2) is 6.48. The third-order valence-electron chi connectivity index (χ3n) is 5.97. The first kappa shape index (κ1) is 17.4. The Morgan fingerprint density at radius 3 is 2.71 bits per heavy atom. The molecule has 0 spiro atoms. The summed E-state index contributed by atoms with van der Waals surface area (Å²) in [7, 11) is 0. The fourth-order valence-electron chi connectivity index (χ4n) is 4.11. The summed E-state index contributed by atoms with van der Waals surface area (Å²) in [6.45, 7) is 7.11. The maximum absolute atomic E-state index is 12.6. The van der Waals surface area contributed by atoms with Crippen LogP contribution in [0.25, 0.3) is 0 Å². The minimum atomic E-state index is -1.62. The monoisotopic (exact) mass is 337 g/mol. The maximum Gasteiger partial charge on any atom is 0.338 e. The number of nitrogens with zero attached hydrogens (tertiary/aromatic N) is 1. The second-order valence-electron chi connectivity index (χ2n) is 7.47. The molecule has 3 heterocycles. The normalized spacial score (nSPS) is 42.9. The van der Waals surface area contributed by atoms with E-state index in [1.54, 1.807) is 19.9 Å². The van der Waals surface area contributed by atoms with Gasteiger partial charge in [-0.15, -0.1) is 0 Å². The van der Waals surface area contributed by atoms with E-state index in [0.29, 0.717) is 5.57 Å². The summed E-state index contributed by atoms with van der Waals surface area (Å²) in [6.07, 6.45) is 3.59. The lowest BCUT2D eigenvalue weighted by molar-refractivity contribution is -0.172. The van der Waals surface area contributed by atoms with Gasteiger partial charge in [-0.2, -0.15) is 0 Å². The maximum atomic E-state index is 12.6. The molecule has 0 radical (unpaired) electrons. The molecule has 0 amide bonds. The van der Waals surface area contributed by atoms with Crippen molar-refractivity contribution < 1.29 is 24.2 Å². The number of cyclic esters (lactones) is 1. The molecule has 6 nitrogen and oxygen atoms in total. The van der Waals surface area contributed by atoms with Crippen LogP contribution in [0.2, 0.25) is 0 Å². The van der Waals surface area contributed by atoms with E-state index >= 15 is 0 Å². The summed E-state index contributed by atoms with van der Waals surface area (Å²) in [5.74, 6) is -1.23. The van der Waals surface area contributed by atoms with Crippen molar-refractivity contribution in [2.24, 2.45) is 11.8 Å². The lowest BCUT2D eigenvalue weighted by Gasteiger charge is -2.32. The summed E-state index contributed by atoms with van der Waals surface area (Å²) in [5.41, 5.74) is -1.12. The van der Waals surface area contributed by atoms with Gasteiger partial charge in [0.2, 0.25) is 0 Å². The first-order valence-corrected chi connectivity index (χ1v) is 8.84. The van der Waals surface area contributed by atoms with Crippen molar-refractivity contribution in [3.8, 4) is 0 Å². The third kappa shape index (κ3) is 2.97. The first-order chi connectivity index (χ1) is 11.3. The molecular formula is C18H27NO5. The predicted molar refractivity (Wildman–Crippen MR) is 87.1 cm³/mol. The van der Waals surface area contributed by atoms with Gasteiger partial charge >= 0.3 is 11.9 Å². The van der Waals surface area contributed by atoms with Gasteiger partial charge in [-0.25, -0.2) is 9.59 Å². The topological polar surface area (TPSA) is 76.1 Å². The molecule has 3 fully saturated rings. The van der Waals surface area contributed by atoms with Gasteiger partial charge < -0.3 is 14.6 Å². The van der Waals surface area contributed by atoms with E-state index in [2.05, 4.69) is 4.90 Å². The van der Waals surface area contributed by atoms with E-state index in [-0.39, 0.29) is 37.1 Å². The van der Waals surface area contributed by atoms with Crippen molar-refractivity contribution in [1.82, 2.24) is 4.90 Å². The van der Waals surface area contributed by atoms with Crippen LogP contribution in [-0.4, -0.2) is 59.4 Å². The fraction of sp³-hybridized carbons (Fsp3) is 0.778. The van der Waals surface area contributed by atoms with Crippen molar-refractivity contribution >= 4 is 11.9 Å². The van der Waals surface area contributed by atoms with Gasteiger partial charge in [0.15, 0.2) is 5.60 Å². The van der Waals surface area contributed by atoms with Gasteiger partial charge in [0, 0.05) is 18.0 Å². The van der Waals surface area contributed by atoms with E-state index in [9.17, 15) is 14.7 Å². The van der Waals surface area contributed by atoms with E-state index in [1.165, 1.54) is 6.92 Å². The zero-order valence-corrected chi connectivity index (χ0v) is 14.7. The molecule has 134 valence electrons.